The van der Waals surface area contributed by atoms with E-state index in [0.29, 0.717) is 16.4 Å². The summed E-state index contributed by atoms with van der Waals surface area (Å²) in [7, 11) is 0. The number of aromatic nitrogens is 5. The zero-order valence-corrected chi connectivity index (χ0v) is 17.2. The molecular weight excluding hydrogens is 410 g/mol. The Hall–Kier alpha value is -3.24. The van der Waals surface area contributed by atoms with E-state index in [9.17, 15) is 9.59 Å². The maximum absolute atomic E-state index is 12.6. The molecule has 0 saturated carbocycles. The van der Waals surface area contributed by atoms with E-state index in [0.717, 1.165) is 16.5 Å². The van der Waals surface area contributed by atoms with Crippen molar-refractivity contribution in [3.63, 3.8) is 0 Å². The fourth-order valence-corrected chi connectivity index (χ4v) is 4.31. The lowest BCUT2D eigenvalue weighted by atomic mass is 10.1. The number of ketones is 1. The first kappa shape index (κ1) is 19.1. The van der Waals surface area contributed by atoms with Crippen LogP contribution in [-0.4, -0.2) is 42.9 Å². The number of rotatable bonds is 6. The Balaban J connectivity index is 1.45. The smallest absolute Gasteiger partial charge is 0.358 e. The highest BCUT2D eigenvalue weighted by molar-refractivity contribution is 7.13. The van der Waals surface area contributed by atoms with E-state index >= 15 is 0 Å². The molecule has 4 aromatic heterocycles. The molecule has 10 heteroatoms. The van der Waals surface area contributed by atoms with E-state index in [1.807, 2.05) is 23.8 Å². The predicted molar refractivity (Wildman–Crippen MR) is 109 cm³/mol. The number of carbonyl (C=O) groups is 2. The summed E-state index contributed by atoms with van der Waals surface area (Å²) in [6, 6.07) is 3.48. The summed E-state index contributed by atoms with van der Waals surface area (Å²) in [4.78, 5) is 41.6. The fraction of sp³-hybridized carbons (Fsp3) is 0.158. The van der Waals surface area contributed by atoms with Crippen LogP contribution in [0.15, 0.2) is 41.5 Å². The molecule has 0 N–H and O–H groups in total. The van der Waals surface area contributed by atoms with Crippen LogP contribution < -0.4 is 0 Å². The average Bonchev–Trinajstić information content (AvgIpc) is 3.47. The van der Waals surface area contributed by atoms with Crippen LogP contribution >= 0.6 is 22.7 Å². The quantitative estimate of drug-likeness (QED) is 0.344. The number of ether oxygens (including phenoxy) is 1. The van der Waals surface area contributed by atoms with Gasteiger partial charge in [0, 0.05) is 46.3 Å². The second-order valence-electron chi connectivity index (χ2n) is 6.04. The molecule has 4 rings (SSSR count). The van der Waals surface area contributed by atoms with Crippen molar-refractivity contribution in [3.05, 3.63) is 64.1 Å². The van der Waals surface area contributed by atoms with E-state index in [4.69, 9.17) is 4.74 Å². The van der Waals surface area contributed by atoms with E-state index in [-0.39, 0.29) is 18.1 Å². The van der Waals surface area contributed by atoms with Crippen molar-refractivity contribution in [1.82, 2.24) is 24.5 Å². The molecule has 0 aliphatic rings. The molecule has 0 bridgehead atoms. The average molecular weight is 425 g/mol. The molecule has 0 spiro atoms. The third kappa shape index (κ3) is 3.84. The lowest BCUT2D eigenvalue weighted by molar-refractivity contribution is 0.0469. The molecule has 0 aromatic carbocycles. The minimum atomic E-state index is -0.662. The maximum atomic E-state index is 12.6. The monoisotopic (exact) mass is 425 g/mol. The molecule has 4 heterocycles. The fourth-order valence-electron chi connectivity index (χ4n) is 2.83. The number of Topliss-reactive ketones (excluding diaryl/α,β-unsaturated/α-hetero) is 1. The number of aryl methyl sites for hydroxylation is 1. The van der Waals surface area contributed by atoms with Crippen LogP contribution in [0.1, 0.15) is 32.2 Å². The van der Waals surface area contributed by atoms with Crippen LogP contribution in [0.2, 0.25) is 0 Å². The molecule has 0 aliphatic heterocycles. The largest absolute Gasteiger partial charge is 0.453 e. The molecule has 0 atom stereocenters. The highest BCUT2D eigenvalue weighted by Crippen LogP contribution is 2.23. The molecule has 0 amide bonds. The number of carbonyl (C=O) groups excluding carboxylic acids is 2. The first-order chi connectivity index (χ1) is 14.0. The Morgan fingerprint density at radius 1 is 1.10 bits per heavy atom. The van der Waals surface area contributed by atoms with E-state index in [1.54, 1.807) is 36.1 Å². The van der Waals surface area contributed by atoms with Gasteiger partial charge < -0.3 is 4.74 Å². The normalized spacial score (nSPS) is 10.8. The van der Waals surface area contributed by atoms with Gasteiger partial charge in [-0.3, -0.25) is 9.36 Å². The van der Waals surface area contributed by atoms with Crippen molar-refractivity contribution in [2.45, 2.75) is 13.8 Å². The van der Waals surface area contributed by atoms with Gasteiger partial charge in [-0.25, -0.2) is 24.7 Å². The summed E-state index contributed by atoms with van der Waals surface area (Å²) in [5.74, 6) is -0.510. The molecule has 8 nitrogen and oxygen atoms in total. The number of nitrogens with zero attached hydrogens (tertiary/aromatic N) is 5. The molecule has 4 aromatic rings. The Morgan fingerprint density at radius 3 is 2.62 bits per heavy atom. The Bertz CT molecular complexity index is 1170. The first-order valence-electron chi connectivity index (χ1n) is 8.56. The second kappa shape index (κ2) is 8.02. The highest BCUT2D eigenvalue weighted by Gasteiger charge is 2.20. The SMILES string of the molecule is Cc1cc(C(=O)COC(=O)c2csc(-c3ncccn3)n2)c(C)n1-c1nccs1. The molecule has 0 fully saturated rings. The molecule has 0 unspecified atom stereocenters. The van der Waals surface area contributed by atoms with E-state index in [2.05, 4.69) is 19.9 Å². The van der Waals surface area contributed by atoms with Crippen LogP contribution in [0, 0.1) is 13.8 Å². The number of esters is 1. The van der Waals surface area contributed by atoms with Crippen molar-refractivity contribution >= 4 is 34.4 Å². The van der Waals surface area contributed by atoms with Crippen LogP contribution in [0.3, 0.4) is 0 Å². The minimum absolute atomic E-state index is 0.124. The van der Waals surface area contributed by atoms with Crippen LogP contribution in [-0.2, 0) is 4.74 Å². The van der Waals surface area contributed by atoms with Crippen LogP contribution in [0.25, 0.3) is 16.0 Å². The summed E-state index contributed by atoms with van der Waals surface area (Å²) in [5, 5.41) is 4.73. The van der Waals surface area contributed by atoms with Crippen molar-refractivity contribution < 1.29 is 14.3 Å². The van der Waals surface area contributed by atoms with E-state index < -0.39 is 5.97 Å². The van der Waals surface area contributed by atoms with Gasteiger partial charge in [0.05, 0.1) is 0 Å². The van der Waals surface area contributed by atoms with Gasteiger partial charge in [-0.15, -0.1) is 22.7 Å². The standard InChI is InChI=1S/C19H15N5O3S2/c1-11-8-13(12(2)24(11)19-22-6-7-28-19)15(25)9-27-18(26)14-10-29-17(23-14)16-20-4-3-5-21-16/h3-8,10H,9H2,1-2H3. The topological polar surface area (TPSA) is 99.9 Å². The predicted octanol–water partition coefficient (Wildman–Crippen LogP) is 3.50. The maximum Gasteiger partial charge on any atom is 0.358 e. The van der Waals surface area contributed by atoms with Gasteiger partial charge in [0.25, 0.3) is 0 Å². The summed E-state index contributed by atoms with van der Waals surface area (Å²) in [6.07, 6.45) is 4.91. The van der Waals surface area contributed by atoms with Crippen molar-refractivity contribution in [3.8, 4) is 16.0 Å². The van der Waals surface area contributed by atoms with Gasteiger partial charge >= 0.3 is 5.97 Å². The van der Waals surface area contributed by atoms with Gasteiger partial charge in [-0.1, -0.05) is 0 Å². The Kier molecular flexibility index (Phi) is 5.28. The van der Waals surface area contributed by atoms with Gasteiger partial charge in [0.1, 0.15) is 0 Å². The first-order valence-corrected chi connectivity index (χ1v) is 10.3. The number of hydrogen-bond acceptors (Lipinski definition) is 9. The zero-order chi connectivity index (χ0) is 20.4. The number of thiazole rings is 2. The van der Waals surface area contributed by atoms with Crippen molar-refractivity contribution in [1.29, 1.82) is 0 Å². The molecule has 0 radical (unpaired) electrons. The summed E-state index contributed by atoms with van der Waals surface area (Å²) in [5.41, 5.74) is 2.27. The minimum Gasteiger partial charge on any atom is -0.453 e. The van der Waals surface area contributed by atoms with Gasteiger partial charge in [0.15, 0.2) is 28.3 Å². The number of hydrogen-bond donors (Lipinski definition) is 0. The van der Waals surface area contributed by atoms with Gasteiger partial charge in [0.2, 0.25) is 5.78 Å². The molecule has 0 saturated heterocycles. The summed E-state index contributed by atoms with van der Waals surface area (Å²) < 4.78 is 7.09. The van der Waals surface area contributed by atoms with Crippen LogP contribution in [0.5, 0.6) is 0 Å². The third-order valence-corrected chi connectivity index (χ3v) is 5.74. The van der Waals surface area contributed by atoms with Crippen molar-refractivity contribution in [2.24, 2.45) is 0 Å². The third-order valence-electron chi connectivity index (χ3n) is 4.15. The Morgan fingerprint density at radius 2 is 1.90 bits per heavy atom. The van der Waals surface area contributed by atoms with Gasteiger partial charge in [-0.2, -0.15) is 0 Å². The summed E-state index contributed by atoms with van der Waals surface area (Å²) >= 11 is 2.72. The van der Waals surface area contributed by atoms with E-state index in [1.165, 1.54) is 22.7 Å². The zero-order valence-electron chi connectivity index (χ0n) is 15.5. The van der Waals surface area contributed by atoms with Crippen molar-refractivity contribution in [2.75, 3.05) is 6.61 Å². The molecule has 29 heavy (non-hydrogen) atoms. The summed E-state index contributed by atoms with van der Waals surface area (Å²) in [6.45, 7) is 3.38. The van der Waals surface area contributed by atoms with Crippen LogP contribution in [0.4, 0.5) is 0 Å². The molecule has 0 aliphatic carbocycles. The van der Waals surface area contributed by atoms with Gasteiger partial charge in [-0.05, 0) is 26.0 Å². The Labute approximate surface area is 173 Å². The molecular formula is C19H15N5O3S2. The second-order valence-corrected chi connectivity index (χ2v) is 7.78. The highest BCUT2D eigenvalue weighted by atomic mass is 32.1. The lowest BCUT2D eigenvalue weighted by Gasteiger charge is -2.06. The lowest BCUT2D eigenvalue weighted by Crippen LogP contribution is -2.15. The molecule has 146 valence electrons.